The molecule has 3 rings (SSSR count). The molecule has 8 heteroatoms. The molecule has 1 amide bonds. The molecule has 0 unspecified atom stereocenters. The molecule has 0 saturated carbocycles. The van der Waals surface area contributed by atoms with Crippen LogP contribution in [0.2, 0.25) is 0 Å². The van der Waals surface area contributed by atoms with Crippen molar-refractivity contribution in [1.82, 2.24) is 24.8 Å². The van der Waals surface area contributed by atoms with Gasteiger partial charge in [-0.25, -0.2) is 4.98 Å². The minimum absolute atomic E-state index is 0.0695. The normalized spacial score (nSPS) is 13.4. The van der Waals surface area contributed by atoms with Crippen LogP contribution < -0.4 is 10.2 Å². The van der Waals surface area contributed by atoms with Crippen LogP contribution in [0.3, 0.4) is 0 Å². The summed E-state index contributed by atoms with van der Waals surface area (Å²) < 4.78 is 0. The van der Waals surface area contributed by atoms with E-state index >= 15 is 0 Å². The van der Waals surface area contributed by atoms with Crippen molar-refractivity contribution < 1.29 is 4.79 Å². The number of nitrogens with zero attached hydrogens (tertiary/aromatic N) is 6. The number of hydrogen-bond donors (Lipinski definition) is 1. The first-order valence-corrected chi connectivity index (χ1v) is 8.28. The van der Waals surface area contributed by atoms with Crippen molar-refractivity contribution in [2.45, 2.75) is 33.4 Å². The first kappa shape index (κ1) is 17.1. The molecule has 2 aromatic rings. The molecule has 1 aliphatic rings. The molecule has 0 aliphatic carbocycles. The molecule has 2 aromatic heterocycles. The average molecular weight is 341 g/mol. The first-order valence-electron chi connectivity index (χ1n) is 8.28. The van der Waals surface area contributed by atoms with Crippen molar-refractivity contribution in [2.75, 3.05) is 30.9 Å². The largest absolute Gasteiger partial charge is 0.364 e. The van der Waals surface area contributed by atoms with Gasteiger partial charge in [-0.2, -0.15) is 4.98 Å². The fourth-order valence-corrected chi connectivity index (χ4v) is 2.72. The molecule has 0 aromatic carbocycles. The monoisotopic (exact) mass is 341 g/mol. The number of carbonyl (C=O) groups is 1. The Morgan fingerprint density at radius 2 is 2.08 bits per heavy atom. The van der Waals surface area contributed by atoms with E-state index in [4.69, 9.17) is 0 Å². The highest BCUT2D eigenvalue weighted by molar-refractivity contribution is 5.73. The van der Waals surface area contributed by atoms with Crippen molar-refractivity contribution in [3.63, 3.8) is 0 Å². The van der Waals surface area contributed by atoms with Crippen LogP contribution in [-0.4, -0.2) is 51.4 Å². The number of anilines is 2. The molecule has 0 fully saturated rings. The molecule has 0 saturated heterocycles. The summed E-state index contributed by atoms with van der Waals surface area (Å²) >= 11 is 0. The molecule has 25 heavy (non-hydrogen) atoms. The number of nitrogens with one attached hydrogen (secondary N) is 1. The maximum atomic E-state index is 11.7. The summed E-state index contributed by atoms with van der Waals surface area (Å²) in [5, 5.41) is 3.36. The molecular weight excluding hydrogens is 318 g/mol. The van der Waals surface area contributed by atoms with Gasteiger partial charge >= 0.3 is 0 Å². The topological polar surface area (TPSA) is 87.1 Å². The summed E-state index contributed by atoms with van der Waals surface area (Å²) in [4.78, 5) is 33.3. The number of hydrogen-bond acceptors (Lipinski definition) is 7. The van der Waals surface area contributed by atoms with Crippen LogP contribution in [0.4, 0.5) is 11.8 Å². The Bertz CT molecular complexity index is 773. The van der Waals surface area contributed by atoms with Crippen LogP contribution in [-0.2, 0) is 24.3 Å². The molecule has 0 spiro atoms. The highest BCUT2D eigenvalue weighted by Gasteiger charge is 2.24. The number of aromatic nitrogens is 4. The lowest BCUT2D eigenvalue weighted by Crippen LogP contribution is -2.35. The van der Waals surface area contributed by atoms with E-state index < -0.39 is 0 Å². The van der Waals surface area contributed by atoms with Gasteiger partial charge < -0.3 is 15.1 Å². The number of amides is 1. The van der Waals surface area contributed by atoms with Crippen LogP contribution in [0.25, 0.3) is 0 Å². The summed E-state index contributed by atoms with van der Waals surface area (Å²) in [6.45, 7) is 5.25. The lowest BCUT2D eigenvalue weighted by Gasteiger charge is -2.29. The van der Waals surface area contributed by atoms with Gasteiger partial charge in [-0.3, -0.25) is 14.8 Å². The van der Waals surface area contributed by atoms with Gasteiger partial charge in [0, 0.05) is 39.3 Å². The van der Waals surface area contributed by atoms with Crippen LogP contribution in [0.15, 0.2) is 12.4 Å². The smallest absolute Gasteiger partial charge is 0.227 e. The van der Waals surface area contributed by atoms with E-state index in [2.05, 4.69) is 25.3 Å². The van der Waals surface area contributed by atoms with Crippen LogP contribution >= 0.6 is 0 Å². The number of rotatable bonds is 4. The molecule has 0 atom stereocenters. The summed E-state index contributed by atoms with van der Waals surface area (Å²) in [7, 11) is 3.81. The Morgan fingerprint density at radius 3 is 2.72 bits per heavy atom. The molecule has 0 bridgehead atoms. The van der Waals surface area contributed by atoms with E-state index in [0.29, 0.717) is 25.6 Å². The van der Waals surface area contributed by atoms with E-state index in [-0.39, 0.29) is 5.91 Å². The summed E-state index contributed by atoms with van der Waals surface area (Å²) in [5.74, 6) is 1.50. The molecule has 8 nitrogen and oxygen atoms in total. The molecule has 132 valence electrons. The Labute approximate surface area is 147 Å². The third kappa shape index (κ3) is 3.84. The standard InChI is InChI=1S/C17H23N7O/c1-11-7-19-13(8-18-11)9-20-16-14-5-6-24(12(2)25)10-15(14)21-17(22-16)23(3)4/h7-8H,5-6,9-10H2,1-4H3,(H,20,21,22). The summed E-state index contributed by atoms with van der Waals surface area (Å²) in [5.41, 5.74) is 3.72. The van der Waals surface area contributed by atoms with Crippen molar-refractivity contribution in [1.29, 1.82) is 0 Å². The van der Waals surface area contributed by atoms with Crippen LogP contribution in [0.1, 0.15) is 29.6 Å². The first-order chi connectivity index (χ1) is 11.9. The van der Waals surface area contributed by atoms with Gasteiger partial charge in [0.25, 0.3) is 0 Å². The van der Waals surface area contributed by atoms with Crippen molar-refractivity contribution in [2.24, 2.45) is 0 Å². The van der Waals surface area contributed by atoms with Gasteiger partial charge in [-0.1, -0.05) is 0 Å². The Kier molecular flexibility index (Phi) is 4.78. The predicted molar refractivity (Wildman–Crippen MR) is 95.2 cm³/mol. The van der Waals surface area contributed by atoms with Gasteiger partial charge in [0.2, 0.25) is 11.9 Å². The lowest BCUT2D eigenvalue weighted by atomic mass is 10.1. The SMILES string of the molecule is CC(=O)N1CCc2c(nc(N(C)C)nc2NCc2cnc(C)cn2)C1. The van der Waals surface area contributed by atoms with Gasteiger partial charge in [0.1, 0.15) is 5.82 Å². The van der Waals surface area contributed by atoms with E-state index in [0.717, 1.165) is 34.9 Å². The Hall–Kier alpha value is -2.77. The molecule has 3 heterocycles. The minimum atomic E-state index is 0.0695. The second-order valence-electron chi connectivity index (χ2n) is 6.39. The fourth-order valence-electron chi connectivity index (χ4n) is 2.72. The number of fused-ring (bicyclic) bond motifs is 1. The van der Waals surface area contributed by atoms with E-state index in [1.165, 1.54) is 0 Å². The third-order valence-corrected chi connectivity index (χ3v) is 4.17. The minimum Gasteiger partial charge on any atom is -0.364 e. The quantitative estimate of drug-likeness (QED) is 0.893. The summed E-state index contributed by atoms with van der Waals surface area (Å²) in [6, 6.07) is 0. The predicted octanol–water partition coefficient (Wildman–Crippen LogP) is 1.16. The Morgan fingerprint density at radius 1 is 1.28 bits per heavy atom. The van der Waals surface area contributed by atoms with Crippen molar-refractivity contribution in [3.8, 4) is 0 Å². The van der Waals surface area contributed by atoms with E-state index in [9.17, 15) is 4.79 Å². The zero-order chi connectivity index (χ0) is 18.0. The van der Waals surface area contributed by atoms with Crippen molar-refractivity contribution >= 4 is 17.7 Å². The van der Waals surface area contributed by atoms with Crippen molar-refractivity contribution in [3.05, 3.63) is 35.0 Å². The van der Waals surface area contributed by atoms with Gasteiger partial charge in [0.15, 0.2) is 0 Å². The molecular formula is C17H23N7O. The molecule has 1 N–H and O–H groups in total. The average Bonchev–Trinajstić information content (AvgIpc) is 2.60. The maximum Gasteiger partial charge on any atom is 0.227 e. The van der Waals surface area contributed by atoms with Gasteiger partial charge in [-0.15, -0.1) is 0 Å². The second kappa shape index (κ2) is 7.00. The van der Waals surface area contributed by atoms with E-state index in [1.807, 2.05) is 30.8 Å². The zero-order valence-electron chi connectivity index (χ0n) is 15.1. The lowest BCUT2D eigenvalue weighted by molar-refractivity contribution is -0.129. The van der Waals surface area contributed by atoms with Gasteiger partial charge in [-0.05, 0) is 13.3 Å². The Balaban J connectivity index is 1.87. The van der Waals surface area contributed by atoms with Crippen LogP contribution in [0.5, 0.6) is 0 Å². The maximum absolute atomic E-state index is 11.7. The van der Waals surface area contributed by atoms with Crippen LogP contribution in [0, 0.1) is 6.92 Å². The highest BCUT2D eigenvalue weighted by atomic mass is 16.2. The molecule has 0 radical (unpaired) electrons. The second-order valence-corrected chi connectivity index (χ2v) is 6.39. The van der Waals surface area contributed by atoms with Gasteiger partial charge in [0.05, 0.1) is 36.4 Å². The molecule has 1 aliphatic heterocycles. The highest BCUT2D eigenvalue weighted by Crippen LogP contribution is 2.26. The number of carbonyl (C=O) groups excluding carboxylic acids is 1. The fraction of sp³-hybridized carbons (Fsp3) is 0.471. The van der Waals surface area contributed by atoms with E-state index in [1.54, 1.807) is 19.3 Å². The third-order valence-electron chi connectivity index (χ3n) is 4.17. The number of aryl methyl sites for hydroxylation is 1. The zero-order valence-corrected chi connectivity index (χ0v) is 15.1. The summed E-state index contributed by atoms with van der Waals surface area (Å²) in [6.07, 6.45) is 4.26.